The van der Waals surface area contributed by atoms with Gasteiger partial charge in [0.15, 0.2) is 0 Å². The van der Waals surface area contributed by atoms with E-state index in [2.05, 4.69) is 0 Å². The Balaban J connectivity index is 0.000000184. The molecule has 2 unspecified atom stereocenters. The van der Waals surface area contributed by atoms with Gasteiger partial charge in [0.05, 0.1) is 17.3 Å². The molecule has 1 fully saturated rings. The molecule has 0 aromatic heterocycles. The highest BCUT2D eigenvalue weighted by molar-refractivity contribution is 5.20. The average molecular weight is 252 g/mol. The predicted octanol–water partition coefficient (Wildman–Crippen LogP) is 2.20. The third-order valence-corrected chi connectivity index (χ3v) is 3.17. The summed E-state index contributed by atoms with van der Waals surface area (Å²) in [6.07, 6.45) is 1.79. The van der Waals surface area contributed by atoms with E-state index < -0.39 is 11.2 Å². The van der Waals surface area contributed by atoms with Gasteiger partial charge in [-0.15, -0.1) is 0 Å². The molecule has 0 amide bonds. The van der Waals surface area contributed by atoms with Gasteiger partial charge in [0.25, 0.3) is 0 Å². The van der Waals surface area contributed by atoms with Crippen molar-refractivity contribution >= 4 is 0 Å². The first-order valence-corrected chi connectivity index (χ1v) is 6.39. The molecule has 1 aromatic rings. The molecule has 1 aliphatic carbocycles. The van der Waals surface area contributed by atoms with Gasteiger partial charge in [-0.05, 0) is 39.2 Å². The van der Waals surface area contributed by atoms with Gasteiger partial charge in [-0.1, -0.05) is 30.3 Å². The zero-order chi connectivity index (χ0) is 13.8. The van der Waals surface area contributed by atoms with Crippen molar-refractivity contribution in [2.24, 2.45) is 0 Å². The van der Waals surface area contributed by atoms with E-state index in [-0.39, 0.29) is 6.10 Å². The summed E-state index contributed by atoms with van der Waals surface area (Å²) >= 11 is 0. The van der Waals surface area contributed by atoms with E-state index in [1.165, 1.54) is 0 Å². The van der Waals surface area contributed by atoms with Gasteiger partial charge in [-0.25, -0.2) is 0 Å². The van der Waals surface area contributed by atoms with E-state index in [0.29, 0.717) is 6.42 Å². The Kier molecular flexibility index (Phi) is 4.91. The average Bonchev–Trinajstić information content (AvgIpc) is 2.57. The Labute approximate surface area is 109 Å². The number of hydrogen-bond acceptors (Lipinski definition) is 3. The molecule has 2 rings (SSSR count). The highest BCUT2D eigenvalue weighted by Crippen LogP contribution is 2.28. The Morgan fingerprint density at radius 1 is 1.22 bits per heavy atom. The Morgan fingerprint density at radius 2 is 1.78 bits per heavy atom. The molecule has 1 aromatic carbocycles. The third-order valence-electron chi connectivity index (χ3n) is 3.17. The summed E-state index contributed by atoms with van der Waals surface area (Å²) in [6, 6.07) is 9.62. The standard InChI is InChI=1S/C9H12O.C6H12O2/c1-9(2,10)8-6-4-3-5-7-8;1-6(8)3-2-5(7)4-6/h3-7,10H,1-2H3;5,7-8H,2-4H2,1H3. The summed E-state index contributed by atoms with van der Waals surface area (Å²) in [5, 5.41) is 27.6. The van der Waals surface area contributed by atoms with Crippen LogP contribution in [0.3, 0.4) is 0 Å². The molecule has 1 aliphatic rings. The van der Waals surface area contributed by atoms with Crippen LogP contribution in [0.15, 0.2) is 30.3 Å². The smallest absolute Gasteiger partial charge is 0.0840 e. The second kappa shape index (κ2) is 5.83. The first-order valence-electron chi connectivity index (χ1n) is 6.39. The van der Waals surface area contributed by atoms with Crippen molar-refractivity contribution in [2.45, 2.75) is 57.3 Å². The lowest BCUT2D eigenvalue weighted by molar-refractivity contribution is 0.0505. The van der Waals surface area contributed by atoms with Gasteiger partial charge >= 0.3 is 0 Å². The lowest BCUT2D eigenvalue weighted by Crippen LogP contribution is -2.19. The van der Waals surface area contributed by atoms with Crippen LogP contribution in [0.2, 0.25) is 0 Å². The molecule has 3 heteroatoms. The monoisotopic (exact) mass is 252 g/mol. The molecule has 102 valence electrons. The van der Waals surface area contributed by atoms with Gasteiger partial charge in [-0.2, -0.15) is 0 Å². The van der Waals surface area contributed by atoms with Crippen LogP contribution in [0, 0.1) is 0 Å². The normalized spacial score (nSPS) is 27.6. The third kappa shape index (κ3) is 5.17. The molecule has 0 aliphatic heterocycles. The number of hydrogen-bond donors (Lipinski definition) is 3. The molecule has 1 saturated carbocycles. The van der Waals surface area contributed by atoms with E-state index in [4.69, 9.17) is 5.11 Å². The molecule has 3 nitrogen and oxygen atoms in total. The summed E-state index contributed by atoms with van der Waals surface area (Å²) in [5.41, 5.74) is -0.337. The molecule has 0 radical (unpaired) electrons. The van der Waals surface area contributed by atoms with Crippen molar-refractivity contribution in [3.8, 4) is 0 Å². The van der Waals surface area contributed by atoms with Gasteiger partial charge in [0.1, 0.15) is 0 Å². The van der Waals surface area contributed by atoms with Crippen LogP contribution in [0.1, 0.15) is 45.6 Å². The first-order chi connectivity index (χ1) is 8.21. The summed E-state index contributed by atoms with van der Waals surface area (Å²) < 4.78 is 0. The fraction of sp³-hybridized carbons (Fsp3) is 0.600. The van der Waals surface area contributed by atoms with Crippen molar-refractivity contribution in [1.29, 1.82) is 0 Å². The Bertz CT molecular complexity index is 352. The number of aliphatic hydroxyl groups is 3. The predicted molar refractivity (Wildman–Crippen MR) is 72.2 cm³/mol. The van der Waals surface area contributed by atoms with Crippen molar-refractivity contribution in [3.05, 3.63) is 35.9 Å². The summed E-state index contributed by atoms with van der Waals surface area (Å²) in [7, 11) is 0. The maximum Gasteiger partial charge on any atom is 0.0840 e. The van der Waals surface area contributed by atoms with E-state index in [9.17, 15) is 10.2 Å². The SMILES string of the molecule is CC(C)(O)c1ccccc1.CC1(O)CCC(O)C1. The minimum atomic E-state index is -0.707. The Morgan fingerprint density at radius 3 is 2.00 bits per heavy atom. The zero-order valence-corrected chi connectivity index (χ0v) is 11.4. The Hall–Kier alpha value is -0.900. The number of benzene rings is 1. The minimum Gasteiger partial charge on any atom is -0.393 e. The molecular weight excluding hydrogens is 228 g/mol. The molecule has 0 heterocycles. The lowest BCUT2D eigenvalue weighted by Gasteiger charge is -2.16. The molecule has 0 saturated heterocycles. The topological polar surface area (TPSA) is 60.7 Å². The van der Waals surface area contributed by atoms with Gasteiger partial charge < -0.3 is 15.3 Å². The molecule has 2 atom stereocenters. The zero-order valence-electron chi connectivity index (χ0n) is 11.4. The van der Waals surface area contributed by atoms with E-state index in [1.807, 2.05) is 30.3 Å². The van der Waals surface area contributed by atoms with Crippen molar-refractivity contribution in [3.63, 3.8) is 0 Å². The molecular formula is C15H24O3. The molecule has 18 heavy (non-hydrogen) atoms. The van der Waals surface area contributed by atoms with Crippen LogP contribution >= 0.6 is 0 Å². The first kappa shape index (κ1) is 15.2. The maximum absolute atomic E-state index is 9.49. The van der Waals surface area contributed by atoms with Crippen molar-refractivity contribution < 1.29 is 15.3 Å². The quantitative estimate of drug-likeness (QED) is 0.718. The van der Waals surface area contributed by atoms with E-state index >= 15 is 0 Å². The van der Waals surface area contributed by atoms with Gasteiger partial charge in [0.2, 0.25) is 0 Å². The highest BCUT2D eigenvalue weighted by atomic mass is 16.3. The lowest BCUT2D eigenvalue weighted by atomic mass is 9.99. The molecule has 0 spiro atoms. The minimum absolute atomic E-state index is 0.259. The highest BCUT2D eigenvalue weighted by Gasteiger charge is 2.31. The van der Waals surface area contributed by atoms with E-state index in [1.54, 1.807) is 20.8 Å². The van der Waals surface area contributed by atoms with Crippen molar-refractivity contribution in [1.82, 2.24) is 0 Å². The summed E-state index contributed by atoms with van der Waals surface area (Å²) in [4.78, 5) is 0. The summed E-state index contributed by atoms with van der Waals surface area (Å²) in [5.74, 6) is 0. The van der Waals surface area contributed by atoms with Crippen LogP contribution in [-0.2, 0) is 5.60 Å². The van der Waals surface area contributed by atoms with Crippen LogP contribution in [-0.4, -0.2) is 27.0 Å². The van der Waals surface area contributed by atoms with E-state index in [0.717, 1.165) is 18.4 Å². The van der Waals surface area contributed by atoms with Crippen LogP contribution < -0.4 is 0 Å². The maximum atomic E-state index is 9.49. The number of rotatable bonds is 1. The fourth-order valence-corrected chi connectivity index (χ4v) is 2.04. The fourth-order valence-electron chi connectivity index (χ4n) is 2.04. The molecule has 0 bridgehead atoms. The van der Waals surface area contributed by atoms with Crippen LogP contribution in [0.5, 0.6) is 0 Å². The van der Waals surface area contributed by atoms with Crippen LogP contribution in [0.4, 0.5) is 0 Å². The van der Waals surface area contributed by atoms with Gasteiger partial charge in [-0.3, -0.25) is 0 Å². The largest absolute Gasteiger partial charge is 0.393 e. The van der Waals surface area contributed by atoms with Crippen molar-refractivity contribution in [2.75, 3.05) is 0 Å². The molecule has 3 N–H and O–H groups in total. The second-order valence-electron chi connectivity index (χ2n) is 5.82. The number of aliphatic hydroxyl groups excluding tert-OH is 1. The summed E-state index contributed by atoms with van der Waals surface area (Å²) in [6.45, 7) is 5.33. The second-order valence-corrected chi connectivity index (χ2v) is 5.82. The van der Waals surface area contributed by atoms with Gasteiger partial charge in [0, 0.05) is 6.42 Å². The van der Waals surface area contributed by atoms with Crippen LogP contribution in [0.25, 0.3) is 0 Å².